The van der Waals surface area contributed by atoms with Gasteiger partial charge in [0.25, 0.3) is 0 Å². The second-order valence-electron chi connectivity index (χ2n) is 2.89. The summed E-state index contributed by atoms with van der Waals surface area (Å²) in [6.07, 6.45) is 2.49. The van der Waals surface area contributed by atoms with Crippen LogP contribution < -0.4 is 5.73 Å². The van der Waals surface area contributed by atoms with Crippen LogP contribution in [0, 0.1) is 0 Å². The fourth-order valence-electron chi connectivity index (χ4n) is 1.17. The molecule has 1 rings (SSSR count). The predicted octanol–water partition coefficient (Wildman–Crippen LogP) is 2.04. The number of halogens is 1. The first-order valence-electron chi connectivity index (χ1n) is 4.20. The van der Waals surface area contributed by atoms with Crippen LogP contribution in [0.5, 0.6) is 0 Å². The average Bonchev–Trinajstić information content (AvgIpc) is 2.18. The predicted molar refractivity (Wildman–Crippen MR) is 60.8 cm³/mol. The number of amides is 1. The molecule has 1 amide bonds. The maximum absolute atomic E-state index is 10.8. The summed E-state index contributed by atoms with van der Waals surface area (Å²) in [6.45, 7) is 0. The van der Waals surface area contributed by atoms with Gasteiger partial charge in [-0.2, -0.15) is 0 Å². The van der Waals surface area contributed by atoms with Crippen molar-refractivity contribution in [3.63, 3.8) is 0 Å². The standard InChI is InChI=1S/C10H12ClNOS/c1-14-9-5-3-2-4-7(9)6-8(11)10(12)13/h2-5,8H,6H2,1H3,(H2,12,13). The number of benzene rings is 1. The van der Waals surface area contributed by atoms with Crippen LogP contribution in [0.25, 0.3) is 0 Å². The molecule has 0 aliphatic rings. The molecule has 0 radical (unpaired) electrons. The summed E-state index contributed by atoms with van der Waals surface area (Å²) in [5.74, 6) is -0.470. The molecule has 2 nitrogen and oxygen atoms in total. The molecule has 0 saturated carbocycles. The molecular formula is C10H12ClNOS. The van der Waals surface area contributed by atoms with Crippen LogP contribution in [0.1, 0.15) is 5.56 Å². The van der Waals surface area contributed by atoms with E-state index < -0.39 is 11.3 Å². The van der Waals surface area contributed by atoms with Crippen LogP contribution in [0.15, 0.2) is 29.2 Å². The zero-order chi connectivity index (χ0) is 10.6. The summed E-state index contributed by atoms with van der Waals surface area (Å²) in [6, 6.07) is 7.86. The summed E-state index contributed by atoms with van der Waals surface area (Å²) >= 11 is 7.43. The Morgan fingerprint density at radius 2 is 2.21 bits per heavy atom. The van der Waals surface area contributed by atoms with E-state index in [4.69, 9.17) is 17.3 Å². The van der Waals surface area contributed by atoms with E-state index in [0.717, 1.165) is 10.5 Å². The molecular weight excluding hydrogens is 218 g/mol. The Bertz CT molecular complexity index is 330. The molecule has 4 heteroatoms. The maximum atomic E-state index is 10.8. The minimum Gasteiger partial charge on any atom is -0.368 e. The second-order valence-corrected chi connectivity index (χ2v) is 4.26. The minimum atomic E-state index is -0.622. The van der Waals surface area contributed by atoms with Gasteiger partial charge in [0.15, 0.2) is 0 Å². The summed E-state index contributed by atoms with van der Waals surface area (Å²) in [5, 5.41) is -0.622. The van der Waals surface area contributed by atoms with Gasteiger partial charge in [0.05, 0.1) is 0 Å². The molecule has 0 aliphatic heterocycles. The third-order valence-electron chi connectivity index (χ3n) is 1.90. The van der Waals surface area contributed by atoms with Crippen LogP contribution in [0.4, 0.5) is 0 Å². The molecule has 0 heterocycles. The lowest BCUT2D eigenvalue weighted by Gasteiger charge is -2.08. The van der Waals surface area contributed by atoms with Crippen LogP contribution in [0.2, 0.25) is 0 Å². The van der Waals surface area contributed by atoms with Crippen LogP contribution >= 0.6 is 23.4 Å². The van der Waals surface area contributed by atoms with Gasteiger partial charge in [-0.1, -0.05) is 18.2 Å². The van der Waals surface area contributed by atoms with Crippen molar-refractivity contribution < 1.29 is 4.79 Å². The number of alkyl halides is 1. The third kappa shape index (κ3) is 2.93. The largest absolute Gasteiger partial charge is 0.368 e. The van der Waals surface area contributed by atoms with Gasteiger partial charge in [0.2, 0.25) is 5.91 Å². The number of rotatable bonds is 4. The number of carbonyl (C=O) groups is 1. The minimum absolute atomic E-state index is 0.470. The lowest BCUT2D eigenvalue weighted by molar-refractivity contribution is -0.117. The van der Waals surface area contributed by atoms with Crippen LogP contribution in [-0.4, -0.2) is 17.5 Å². The Hall–Kier alpha value is -0.670. The maximum Gasteiger partial charge on any atom is 0.235 e. The Morgan fingerprint density at radius 3 is 2.79 bits per heavy atom. The van der Waals surface area contributed by atoms with Crippen molar-refractivity contribution in [1.29, 1.82) is 0 Å². The first-order chi connectivity index (χ1) is 6.65. The van der Waals surface area contributed by atoms with Gasteiger partial charge < -0.3 is 5.73 Å². The monoisotopic (exact) mass is 229 g/mol. The third-order valence-corrected chi connectivity index (χ3v) is 3.11. The van der Waals surface area contributed by atoms with Gasteiger partial charge in [-0.15, -0.1) is 23.4 Å². The molecule has 0 spiro atoms. The second kappa shape index (κ2) is 5.27. The summed E-state index contributed by atoms with van der Waals surface area (Å²) < 4.78 is 0. The van der Waals surface area contributed by atoms with E-state index in [0.29, 0.717) is 6.42 Å². The zero-order valence-electron chi connectivity index (χ0n) is 7.87. The summed E-state index contributed by atoms with van der Waals surface area (Å²) in [5.41, 5.74) is 6.17. The van der Waals surface area contributed by atoms with Crippen molar-refractivity contribution in [2.75, 3.05) is 6.26 Å². The summed E-state index contributed by atoms with van der Waals surface area (Å²) in [7, 11) is 0. The van der Waals surface area contributed by atoms with Gasteiger partial charge >= 0.3 is 0 Å². The Kier molecular flexibility index (Phi) is 4.29. The van der Waals surface area contributed by atoms with E-state index in [9.17, 15) is 4.79 Å². The Balaban J connectivity index is 2.80. The molecule has 76 valence electrons. The van der Waals surface area contributed by atoms with E-state index in [-0.39, 0.29) is 0 Å². The van der Waals surface area contributed by atoms with E-state index in [1.54, 1.807) is 11.8 Å². The SMILES string of the molecule is CSc1ccccc1CC(Cl)C(N)=O. The lowest BCUT2D eigenvalue weighted by atomic mass is 10.1. The Morgan fingerprint density at radius 1 is 1.57 bits per heavy atom. The number of primary amides is 1. The van der Waals surface area contributed by atoms with Crippen molar-refractivity contribution in [2.45, 2.75) is 16.7 Å². The van der Waals surface area contributed by atoms with Crippen LogP contribution in [-0.2, 0) is 11.2 Å². The normalized spacial score (nSPS) is 12.4. The number of nitrogens with two attached hydrogens (primary N) is 1. The number of carbonyl (C=O) groups excluding carboxylic acids is 1. The smallest absolute Gasteiger partial charge is 0.235 e. The van der Waals surface area contributed by atoms with Crippen LogP contribution in [0.3, 0.4) is 0 Å². The van der Waals surface area contributed by atoms with Gasteiger partial charge in [0, 0.05) is 4.90 Å². The molecule has 0 aromatic heterocycles. The number of hydrogen-bond acceptors (Lipinski definition) is 2. The van der Waals surface area contributed by atoms with E-state index in [1.165, 1.54) is 0 Å². The lowest BCUT2D eigenvalue weighted by Crippen LogP contribution is -2.25. The topological polar surface area (TPSA) is 43.1 Å². The highest BCUT2D eigenvalue weighted by molar-refractivity contribution is 7.98. The molecule has 2 N–H and O–H groups in total. The quantitative estimate of drug-likeness (QED) is 0.634. The van der Waals surface area contributed by atoms with Gasteiger partial charge in [-0.3, -0.25) is 4.79 Å². The van der Waals surface area contributed by atoms with E-state index >= 15 is 0 Å². The van der Waals surface area contributed by atoms with Gasteiger partial charge in [-0.05, 0) is 24.3 Å². The van der Waals surface area contributed by atoms with Crippen molar-refractivity contribution in [3.05, 3.63) is 29.8 Å². The highest BCUT2D eigenvalue weighted by Crippen LogP contribution is 2.22. The first-order valence-corrected chi connectivity index (χ1v) is 5.86. The van der Waals surface area contributed by atoms with E-state index in [1.807, 2.05) is 30.5 Å². The van der Waals surface area contributed by atoms with Crippen molar-refractivity contribution >= 4 is 29.3 Å². The first kappa shape index (κ1) is 11.4. The fourth-order valence-corrected chi connectivity index (χ4v) is 1.96. The molecule has 1 aromatic rings. The molecule has 1 unspecified atom stereocenters. The van der Waals surface area contributed by atoms with Crippen molar-refractivity contribution in [3.8, 4) is 0 Å². The molecule has 0 bridgehead atoms. The molecule has 0 aliphatic carbocycles. The van der Waals surface area contributed by atoms with Crippen molar-refractivity contribution in [1.82, 2.24) is 0 Å². The molecule has 14 heavy (non-hydrogen) atoms. The fraction of sp³-hybridized carbons (Fsp3) is 0.300. The molecule has 1 atom stereocenters. The van der Waals surface area contributed by atoms with Crippen molar-refractivity contribution in [2.24, 2.45) is 5.73 Å². The average molecular weight is 230 g/mol. The van der Waals surface area contributed by atoms with E-state index in [2.05, 4.69) is 0 Å². The number of hydrogen-bond donors (Lipinski definition) is 1. The zero-order valence-corrected chi connectivity index (χ0v) is 9.44. The Labute approximate surface area is 92.8 Å². The highest BCUT2D eigenvalue weighted by atomic mass is 35.5. The molecule has 0 saturated heterocycles. The molecule has 0 fully saturated rings. The molecule has 1 aromatic carbocycles. The summed E-state index contributed by atoms with van der Waals surface area (Å²) in [4.78, 5) is 11.9. The van der Waals surface area contributed by atoms with Gasteiger partial charge in [-0.25, -0.2) is 0 Å². The number of thioether (sulfide) groups is 1. The highest BCUT2D eigenvalue weighted by Gasteiger charge is 2.13. The van der Waals surface area contributed by atoms with Gasteiger partial charge in [0.1, 0.15) is 5.38 Å².